The fourth-order valence-corrected chi connectivity index (χ4v) is 7.51. The van der Waals surface area contributed by atoms with E-state index in [9.17, 15) is 19.1 Å². The van der Waals surface area contributed by atoms with E-state index >= 15 is 0 Å². The second-order valence-corrected chi connectivity index (χ2v) is 13.8. The molecule has 0 saturated carbocycles. The maximum absolute atomic E-state index is 13.9. The predicted molar refractivity (Wildman–Crippen MR) is 211 cm³/mol. The summed E-state index contributed by atoms with van der Waals surface area (Å²) >= 11 is 7.04. The van der Waals surface area contributed by atoms with E-state index < -0.39 is 5.97 Å². The average molecular weight is 770 g/mol. The zero-order chi connectivity index (χ0) is 39.4. The van der Waals surface area contributed by atoms with Crippen LogP contribution in [0.3, 0.4) is 0 Å². The van der Waals surface area contributed by atoms with Crippen LogP contribution >= 0.6 is 11.6 Å². The largest absolute Gasteiger partial charge is 0.507 e. The molecule has 0 aliphatic rings. The Labute approximate surface area is 323 Å². The lowest BCUT2D eigenvalue weighted by atomic mass is 10.00. The minimum atomic E-state index is -0.501. The number of esters is 2. The van der Waals surface area contributed by atoms with Crippen molar-refractivity contribution in [3.63, 3.8) is 0 Å². The van der Waals surface area contributed by atoms with Crippen LogP contribution in [0.2, 0.25) is 5.02 Å². The van der Waals surface area contributed by atoms with Gasteiger partial charge in [0, 0.05) is 42.1 Å². The van der Waals surface area contributed by atoms with Crippen LogP contribution in [0.1, 0.15) is 57.6 Å². The molecule has 11 nitrogen and oxygen atoms in total. The number of ether oxygens (including phenoxy) is 3. The van der Waals surface area contributed by atoms with E-state index in [4.69, 9.17) is 36.0 Å². The Bertz CT molecular complexity index is 2430. The Morgan fingerprint density at radius 1 is 0.945 bits per heavy atom. The molecule has 0 aliphatic carbocycles. The van der Waals surface area contributed by atoms with Gasteiger partial charge in [-0.25, -0.2) is 9.18 Å². The second kappa shape index (κ2) is 16.9. The van der Waals surface area contributed by atoms with Gasteiger partial charge in [0.2, 0.25) is 0 Å². The van der Waals surface area contributed by atoms with Gasteiger partial charge < -0.3 is 23.9 Å². The Kier molecular flexibility index (Phi) is 12.1. The average Bonchev–Trinajstić information content (AvgIpc) is 3.81. The summed E-state index contributed by atoms with van der Waals surface area (Å²) in [6.45, 7) is 7.79. The number of hydrogen-bond donors (Lipinski definition) is 1. The van der Waals surface area contributed by atoms with E-state index in [0.717, 1.165) is 50.4 Å². The SMILES string of the molecule is CCn1c(C(=O)OC)c(CCC(=O)OC)c2ccc(Cl)c(-c3c(C)c(C)nn3C/C=C/c3cc(CCc4cc(O)c5ccc(F)cc5c4)n(CCOC)n3)c21. The van der Waals surface area contributed by atoms with Gasteiger partial charge in [0.25, 0.3) is 0 Å². The van der Waals surface area contributed by atoms with E-state index in [1.54, 1.807) is 19.2 Å². The van der Waals surface area contributed by atoms with Gasteiger partial charge in [0.15, 0.2) is 0 Å². The molecular weight excluding hydrogens is 725 g/mol. The van der Waals surface area contributed by atoms with Crippen LogP contribution in [-0.4, -0.2) is 69.1 Å². The van der Waals surface area contributed by atoms with Gasteiger partial charge in [0.1, 0.15) is 17.3 Å². The number of aromatic hydroxyl groups is 1. The molecule has 0 bridgehead atoms. The minimum Gasteiger partial charge on any atom is -0.507 e. The molecule has 288 valence electrons. The smallest absolute Gasteiger partial charge is 0.354 e. The van der Waals surface area contributed by atoms with Crippen molar-refractivity contribution in [1.29, 1.82) is 0 Å². The molecule has 0 saturated heterocycles. The summed E-state index contributed by atoms with van der Waals surface area (Å²) in [4.78, 5) is 25.4. The van der Waals surface area contributed by atoms with Crippen molar-refractivity contribution in [2.45, 2.75) is 66.1 Å². The topological polar surface area (TPSA) is 123 Å². The zero-order valence-electron chi connectivity index (χ0n) is 31.9. The maximum Gasteiger partial charge on any atom is 0.354 e. The summed E-state index contributed by atoms with van der Waals surface area (Å²) in [5.41, 5.74) is 7.78. The van der Waals surface area contributed by atoms with Crippen molar-refractivity contribution in [3.8, 4) is 17.0 Å². The highest BCUT2D eigenvalue weighted by Gasteiger charge is 2.28. The number of aromatic nitrogens is 5. The molecular formula is C42H45ClFN5O6. The highest BCUT2D eigenvalue weighted by Crippen LogP contribution is 2.42. The first kappa shape index (κ1) is 39.2. The van der Waals surface area contributed by atoms with Crippen molar-refractivity contribution in [2.24, 2.45) is 0 Å². The summed E-state index contributed by atoms with van der Waals surface area (Å²) in [5.74, 6) is -1.11. The number of allylic oxidation sites excluding steroid dienone is 1. The fraction of sp³-hybridized carbons (Fsp3) is 0.333. The maximum atomic E-state index is 13.9. The number of fused-ring (bicyclic) bond motifs is 2. The molecule has 0 atom stereocenters. The number of aryl methyl sites for hydroxylation is 5. The summed E-state index contributed by atoms with van der Waals surface area (Å²) in [6.07, 6.45) is 5.58. The summed E-state index contributed by atoms with van der Waals surface area (Å²) in [7, 11) is 4.33. The lowest BCUT2D eigenvalue weighted by molar-refractivity contribution is -0.140. The molecule has 0 aliphatic heterocycles. The molecule has 3 aromatic heterocycles. The van der Waals surface area contributed by atoms with E-state index in [0.29, 0.717) is 66.1 Å². The first-order valence-corrected chi connectivity index (χ1v) is 18.5. The summed E-state index contributed by atoms with van der Waals surface area (Å²) < 4.78 is 35.1. The van der Waals surface area contributed by atoms with Crippen LogP contribution in [0.25, 0.3) is 39.0 Å². The Hall–Kier alpha value is -5.46. The second-order valence-electron chi connectivity index (χ2n) is 13.4. The van der Waals surface area contributed by atoms with Crippen molar-refractivity contribution in [2.75, 3.05) is 27.9 Å². The van der Waals surface area contributed by atoms with Crippen LogP contribution in [0.15, 0.2) is 54.6 Å². The van der Waals surface area contributed by atoms with Gasteiger partial charge in [-0.2, -0.15) is 10.2 Å². The van der Waals surface area contributed by atoms with Crippen molar-refractivity contribution >= 4 is 51.3 Å². The van der Waals surface area contributed by atoms with E-state index in [2.05, 4.69) is 0 Å². The van der Waals surface area contributed by atoms with E-state index in [1.165, 1.54) is 26.4 Å². The number of phenolic OH excluding ortho intramolecular Hbond substituents is 1. The fourth-order valence-electron chi connectivity index (χ4n) is 7.27. The number of hydrogen-bond acceptors (Lipinski definition) is 8. The Morgan fingerprint density at radius 3 is 2.45 bits per heavy atom. The van der Waals surface area contributed by atoms with Crippen LogP contribution in [0.5, 0.6) is 5.75 Å². The summed E-state index contributed by atoms with van der Waals surface area (Å²) in [6, 6.07) is 13.7. The molecule has 1 N–H and O–H groups in total. The first-order chi connectivity index (χ1) is 26.5. The number of halogens is 2. The quantitative estimate of drug-likeness (QED) is 0.104. The molecule has 0 unspecified atom stereocenters. The van der Waals surface area contributed by atoms with E-state index in [1.807, 2.05) is 71.1 Å². The van der Waals surface area contributed by atoms with Gasteiger partial charge in [-0.05, 0) is 105 Å². The van der Waals surface area contributed by atoms with Gasteiger partial charge in [-0.15, -0.1) is 0 Å². The third-order valence-electron chi connectivity index (χ3n) is 10.0. The minimum absolute atomic E-state index is 0.0966. The van der Waals surface area contributed by atoms with Crippen LogP contribution in [0, 0.1) is 19.7 Å². The number of carbonyl (C=O) groups excluding carboxylic acids is 2. The van der Waals surface area contributed by atoms with Crippen molar-refractivity contribution < 1.29 is 33.3 Å². The van der Waals surface area contributed by atoms with Gasteiger partial charge in [-0.3, -0.25) is 14.2 Å². The van der Waals surface area contributed by atoms with Crippen molar-refractivity contribution in [1.82, 2.24) is 24.1 Å². The molecule has 13 heteroatoms. The van der Waals surface area contributed by atoms with Crippen LogP contribution in [0.4, 0.5) is 4.39 Å². The number of benzene rings is 3. The van der Waals surface area contributed by atoms with E-state index in [-0.39, 0.29) is 30.4 Å². The monoisotopic (exact) mass is 769 g/mol. The highest BCUT2D eigenvalue weighted by molar-refractivity contribution is 6.35. The van der Waals surface area contributed by atoms with Gasteiger partial charge in [0.05, 0.1) is 61.5 Å². The number of carbonyl (C=O) groups is 2. The van der Waals surface area contributed by atoms with Crippen LogP contribution < -0.4 is 0 Å². The lowest BCUT2D eigenvalue weighted by Crippen LogP contribution is -2.13. The lowest BCUT2D eigenvalue weighted by Gasteiger charge is -2.14. The molecule has 3 heterocycles. The molecule has 6 rings (SSSR count). The Morgan fingerprint density at radius 2 is 1.73 bits per heavy atom. The third-order valence-corrected chi connectivity index (χ3v) is 10.3. The highest BCUT2D eigenvalue weighted by atomic mass is 35.5. The van der Waals surface area contributed by atoms with Gasteiger partial charge in [-0.1, -0.05) is 29.8 Å². The van der Waals surface area contributed by atoms with Crippen LogP contribution in [-0.2, 0) is 57.9 Å². The molecule has 0 radical (unpaired) electrons. The first-order valence-electron chi connectivity index (χ1n) is 18.2. The molecule has 0 spiro atoms. The number of methoxy groups -OCH3 is 3. The molecule has 55 heavy (non-hydrogen) atoms. The Balaban J connectivity index is 1.33. The molecule has 0 fully saturated rings. The van der Waals surface area contributed by atoms with Gasteiger partial charge >= 0.3 is 11.9 Å². The van der Waals surface area contributed by atoms with Crippen molar-refractivity contribution in [3.05, 3.63) is 105 Å². The zero-order valence-corrected chi connectivity index (χ0v) is 32.7. The molecule has 6 aromatic rings. The normalized spacial score (nSPS) is 11.7. The number of rotatable bonds is 15. The predicted octanol–water partition coefficient (Wildman–Crippen LogP) is 8.03. The number of nitrogens with zero attached hydrogens (tertiary/aromatic N) is 5. The molecule has 0 amide bonds. The summed E-state index contributed by atoms with van der Waals surface area (Å²) in [5, 5.41) is 22.9. The third kappa shape index (κ3) is 8.01. The molecule has 3 aromatic carbocycles. The standard InChI is InChI=1S/C42H45ClFN5O6/c1-7-47-40-33(34(15-17-37(51)54-5)41(47)42(52)55-6)14-16-35(43)38(40)39-25(2)26(3)45-49(39)18-8-9-30-24-31(48(46-30)19-20-53-4)12-10-27-21-28-23-29(44)11-13-32(28)36(50)22-27/h8-9,11,13-14,16,21-24,50H,7,10,12,15,17-20H2,1-6H3/b9-8+. The number of phenols is 1.